The molecule has 0 amide bonds. The number of aromatic carboxylic acids is 1. The van der Waals surface area contributed by atoms with E-state index < -0.39 is 10.9 Å². The van der Waals surface area contributed by atoms with E-state index in [9.17, 15) is 14.9 Å². The second kappa shape index (κ2) is 4.28. The van der Waals surface area contributed by atoms with Gasteiger partial charge in [-0.25, -0.2) is 4.79 Å². The molecule has 0 radical (unpaired) electrons. The Balaban J connectivity index is 2.36. The molecule has 0 saturated carbocycles. The molecule has 0 saturated heterocycles. The van der Waals surface area contributed by atoms with Gasteiger partial charge in [-0.3, -0.25) is 10.1 Å². The first-order valence-corrected chi connectivity index (χ1v) is 4.84. The number of hydrogen-bond acceptors (Lipinski definition) is 6. The normalized spacial score (nSPS) is 10.5. The highest BCUT2D eigenvalue weighted by Crippen LogP contribution is 2.17. The number of aromatic nitrogens is 3. The highest BCUT2D eigenvalue weighted by molar-refractivity contribution is 5.86. The summed E-state index contributed by atoms with van der Waals surface area (Å²) in [7, 11) is 0. The van der Waals surface area contributed by atoms with Gasteiger partial charge in [-0.1, -0.05) is 5.16 Å². The van der Waals surface area contributed by atoms with E-state index in [0.717, 1.165) is 12.3 Å². The number of carbonyl (C=O) groups is 1. The summed E-state index contributed by atoms with van der Waals surface area (Å²) in [5.74, 6) is -0.674. The van der Waals surface area contributed by atoms with E-state index in [-0.39, 0.29) is 23.8 Å². The van der Waals surface area contributed by atoms with E-state index in [0.29, 0.717) is 5.89 Å². The summed E-state index contributed by atoms with van der Waals surface area (Å²) in [5.41, 5.74) is -0.503. The van der Waals surface area contributed by atoms with Crippen LogP contribution in [0, 0.1) is 17.0 Å². The van der Waals surface area contributed by atoms with Crippen LogP contribution in [0.5, 0.6) is 0 Å². The maximum atomic E-state index is 10.9. The second-order valence-corrected chi connectivity index (χ2v) is 3.50. The van der Waals surface area contributed by atoms with Crippen molar-refractivity contribution in [2.24, 2.45) is 0 Å². The minimum atomic E-state index is -1.26. The van der Waals surface area contributed by atoms with Gasteiger partial charge in [0.2, 0.25) is 5.89 Å². The van der Waals surface area contributed by atoms with Crippen LogP contribution in [0.4, 0.5) is 5.69 Å². The molecule has 2 aromatic heterocycles. The van der Waals surface area contributed by atoms with Crippen LogP contribution in [-0.2, 0) is 6.54 Å². The smallest absolute Gasteiger partial charge is 0.352 e. The van der Waals surface area contributed by atoms with Crippen molar-refractivity contribution in [3.8, 4) is 0 Å². The van der Waals surface area contributed by atoms with Crippen LogP contribution in [0.25, 0.3) is 0 Å². The molecule has 0 aliphatic heterocycles. The van der Waals surface area contributed by atoms with Crippen LogP contribution in [0.3, 0.4) is 0 Å². The molecule has 2 aromatic rings. The molecule has 0 spiro atoms. The number of rotatable bonds is 4. The minimum Gasteiger partial charge on any atom is -0.477 e. The largest absolute Gasteiger partial charge is 0.477 e. The number of aryl methyl sites for hydroxylation is 1. The zero-order valence-electron chi connectivity index (χ0n) is 9.23. The predicted octanol–water partition coefficient (Wildman–Crippen LogP) is 0.834. The third kappa shape index (κ3) is 2.19. The van der Waals surface area contributed by atoms with Gasteiger partial charge in [0.15, 0.2) is 5.82 Å². The summed E-state index contributed by atoms with van der Waals surface area (Å²) >= 11 is 0. The van der Waals surface area contributed by atoms with E-state index in [1.54, 1.807) is 6.92 Å². The van der Waals surface area contributed by atoms with Crippen LogP contribution < -0.4 is 0 Å². The fourth-order valence-electron chi connectivity index (χ4n) is 1.46. The maximum absolute atomic E-state index is 10.9. The number of hydrogen-bond donors (Lipinski definition) is 1. The number of nitro groups is 1. The molecular weight excluding hydrogens is 244 g/mol. The molecule has 2 heterocycles. The molecule has 0 aliphatic rings. The summed E-state index contributed by atoms with van der Waals surface area (Å²) in [4.78, 5) is 24.8. The Labute approximate surface area is 99.8 Å². The highest BCUT2D eigenvalue weighted by Gasteiger charge is 2.19. The molecule has 0 aliphatic carbocycles. The van der Waals surface area contributed by atoms with Gasteiger partial charge < -0.3 is 14.2 Å². The summed E-state index contributed by atoms with van der Waals surface area (Å²) in [6.07, 6.45) is 1.12. The third-order valence-electron chi connectivity index (χ3n) is 2.19. The van der Waals surface area contributed by atoms with Gasteiger partial charge in [0.25, 0.3) is 5.69 Å². The summed E-state index contributed by atoms with van der Waals surface area (Å²) in [6.45, 7) is 1.58. The fraction of sp³-hybridized carbons (Fsp3) is 0.222. The highest BCUT2D eigenvalue weighted by atomic mass is 16.6. The van der Waals surface area contributed by atoms with Crippen molar-refractivity contribution in [2.45, 2.75) is 13.5 Å². The van der Waals surface area contributed by atoms with E-state index in [4.69, 9.17) is 9.63 Å². The van der Waals surface area contributed by atoms with Crippen LogP contribution in [0.15, 0.2) is 16.8 Å². The Morgan fingerprint density at radius 3 is 2.89 bits per heavy atom. The zero-order valence-corrected chi connectivity index (χ0v) is 9.23. The standard InChI is InChI=1S/C9H8N4O5/c1-5-10-8(11-18-5)4-12-3-6(13(16)17)2-7(12)9(14)15/h2-3H,4H2,1H3,(H,14,15). The van der Waals surface area contributed by atoms with Crippen molar-refractivity contribution in [3.63, 3.8) is 0 Å². The molecule has 9 nitrogen and oxygen atoms in total. The van der Waals surface area contributed by atoms with Gasteiger partial charge >= 0.3 is 5.97 Å². The van der Waals surface area contributed by atoms with E-state index in [1.165, 1.54) is 4.57 Å². The van der Waals surface area contributed by atoms with Gasteiger partial charge in [-0.15, -0.1) is 0 Å². The zero-order chi connectivity index (χ0) is 13.3. The third-order valence-corrected chi connectivity index (χ3v) is 2.19. The molecule has 94 valence electrons. The molecule has 1 N–H and O–H groups in total. The molecule has 0 aromatic carbocycles. The lowest BCUT2D eigenvalue weighted by molar-refractivity contribution is -0.384. The summed E-state index contributed by atoms with van der Waals surface area (Å²) in [6, 6.07) is 0.981. The number of carboxylic acids is 1. The van der Waals surface area contributed by atoms with Gasteiger partial charge in [0, 0.05) is 13.0 Å². The predicted molar refractivity (Wildman–Crippen MR) is 56.2 cm³/mol. The minimum absolute atomic E-state index is 0.00713. The lowest BCUT2D eigenvalue weighted by Gasteiger charge is -2.00. The van der Waals surface area contributed by atoms with Crippen molar-refractivity contribution >= 4 is 11.7 Å². The first-order chi connectivity index (χ1) is 8.47. The molecular formula is C9H8N4O5. The molecule has 0 bridgehead atoms. The molecule has 9 heteroatoms. The van der Waals surface area contributed by atoms with Gasteiger partial charge in [-0.05, 0) is 0 Å². The first kappa shape index (κ1) is 11.8. The lowest BCUT2D eigenvalue weighted by Crippen LogP contribution is -2.09. The topological polar surface area (TPSA) is 124 Å². The molecule has 18 heavy (non-hydrogen) atoms. The van der Waals surface area contributed by atoms with Gasteiger partial charge in [-0.2, -0.15) is 4.98 Å². The average molecular weight is 252 g/mol. The van der Waals surface area contributed by atoms with E-state index in [2.05, 4.69) is 10.1 Å². The molecule has 0 atom stereocenters. The molecule has 2 rings (SSSR count). The first-order valence-electron chi connectivity index (χ1n) is 4.84. The number of nitrogens with zero attached hydrogens (tertiary/aromatic N) is 4. The quantitative estimate of drug-likeness (QED) is 0.631. The Morgan fingerprint density at radius 2 is 2.39 bits per heavy atom. The van der Waals surface area contributed by atoms with Crippen LogP contribution in [0.1, 0.15) is 22.2 Å². The molecule has 0 fully saturated rings. The SMILES string of the molecule is Cc1nc(Cn2cc([N+](=O)[O-])cc2C(=O)O)no1. The van der Waals surface area contributed by atoms with Crippen LogP contribution in [0.2, 0.25) is 0 Å². The lowest BCUT2D eigenvalue weighted by atomic mass is 10.4. The Morgan fingerprint density at radius 1 is 1.67 bits per heavy atom. The Kier molecular flexibility index (Phi) is 2.80. The Bertz CT molecular complexity index is 614. The van der Waals surface area contributed by atoms with E-state index >= 15 is 0 Å². The van der Waals surface area contributed by atoms with Crippen molar-refractivity contribution in [2.75, 3.05) is 0 Å². The molecule has 0 unspecified atom stereocenters. The van der Waals surface area contributed by atoms with E-state index in [1.807, 2.05) is 0 Å². The monoisotopic (exact) mass is 252 g/mol. The van der Waals surface area contributed by atoms with Gasteiger partial charge in [0.05, 0.1) is 17.7 Å². The number of carboxylic acid groups (broad SMARTS) is 1. The maximum Gasteiger partial charge on any atom is 0.352 e. The average Bonchev–Trinajstić information content (AvgIpc) is 2.85. The van der Waals surface area contributed by atoms with Crippen molar-refractivity contribution in [1.29, 1.82) is 0 Å². The van der Waals surface area contributed by atoms with Crippen LogP contribution in [-0.4, -0.2) is 30.7 Å². The summed E-state index contributed by atoms with van der Waals surface area (Å²) < 4.78 is 5.92. The Hall–Kier alpha value is -2.71. The van der Waals surface area contributed by atoms with Crippen molar-refractivity contribution < 1.29 is 19.3 Å². The van der Waals surface area contributed by atoms with Crippen LogP contribution >= 0.6 is 0 Å². The fourth-order valence-corrected chi connectivity index (χ4v) is 1.46. The summed E-state index contributed by atoms with van der Waals surface area (Å²) in [5, 5.41) is 23.1. The van der Waals surface area contributed by atoms with Crippen molar-refractivity contribution in [3.05, 3.63) is 39.8 Å². The van der Waals surface area contributed by atoms with Gasteiger partial charge in [0.1, 0.15) is 5.69 Å². The second-order valence-electron chi connectivity index (χ2n) is 3.50. The van der Waals surface area contributed by atoms with Crippen molar-refractivity contribution in [1.82, 2.24) is 14.7 Å².